The monoisotopic (exact) mass is 372 g/mol. The Morgan fingerprint density at radius 3 is 2.37 bits per heavy atom. The van der Waals surface area contributed by atoms with E-state index in [1.807, 2.05) is 4.90 Å². The minimum absolute atomic E-state index is 0.0263. The summed E-state index contributed by atoms with van der Waals surface area (Å²) in [6.07, 6.45) is 8.36. The number of rotatable bonds is 4. The predicted molar refractivity (Wildman–Crippen MR) is 99.7 cm³/mol. The topological polar surface area (TPSA) is 59.1 Å². The van der Waals surface area contributed by atoms with Crippen LogP contribution in [0.3, 0.4) is 0 Å². The van der Waals surface area contributed by atoms with Crippen molar-refractivity contribution < 1.29 is 23.5 Å². The number of carbonyl (C=O) groups excluding carboxylic acids is 2. The molecule has 1 aromatic carbocycles. The summed E-state index contributed by atoms with van der Waals surface area (Å²) in [5.74, 6) is -1.80. The normalized spacial score (nSPS) is 16.6. The average Bonchev–Trinajstić information content (AvgIpc) is 3.12. The van der Waals surface area contributed by atoms with Crippen LogP contribution in [0.25, 0.3) is 0 Å². The maximum absolute atomic E-state index is 14.8. The smallest absolute Gasteiger partial charge is 0.355 e. The van der Waals surface area contributed by atoms with E-state index in [-0.39, 0.29) is 17.1 Å². The third-order valence-electron chi connectivity index (χ3n) is 4.55. The van der Waals surface area contributed by atoms with Crippen LogP contribution >= 0.6 is 0 Å². The van der Waals surface area contributed by atoms with E-state index < -0.39 is 11.9 Å². The van der Waals surface area contributed by atoms with Gasteiger partial charge in [-0.15, -0.1) is 0 Å². The Bertz CT molecular complexity index is 838. The van der Waals surface area contributed by atoms with Gasteiger partial charge in [-0.25, -0.2) is 14.0 Å². The number of anilines is 2. The highest BCUT2D eigenvalue weighted by molar-refractivity contribution is 6.05. The quantitative estimate of drug-likeness (QED) is 0.758. The molecule has 3 rings (SSSR count). The number of allylic oxidation sites excluding steroid dienone is 2. The van der Waals surface area contributed by atoms with Crippen molar-refractivity contribution in [2.45, 2.75) is 12.8 Å². The molecule has 0 bridgehead atoms. The van der Waals surface area contributed by atoms with E-state index >= 15 is 0 Å². The molecule has 0 saturated carbocycles. The number of benzene rings is 1. The highest BCUT2D eigenvalue weighted by atomic mass is 19.1. The van der Waals surface area contributed by atoms with Crippen LogP contribution in [0.15, 0.2) is 53.9 Å². The largest absolute Gasteiger partial charge is 0.465 e. The van der Waals surface area contributed by atoms with Crippen molar-refractivity contribution >= 4 is 23.3 Å². The molecule has 0 N–H and O–H groups in total. The first kappa shape index (κ1) is 18.7. The number of hydrogen-bond donors (Lipinski definition) is 0. The summed E-state index contributed by atoms with van der Waals surface area (Å²) >= 11 is 0. The zero-order valence-electron chi connectivity index (χ0n) is 15.3. The van der Waals surface area contributed by atoms with Crippen molar-refractivity contribution in [2.75, 3.05) is 37.1 Å². The predicted octanol–water partition coefficient (Wildman–Crippen LogP) is 2.92. The molecule has 27 heavy (non-hydrogen) atoms. The van der Waals surface area contributed by atoms with Gasteiger partial charge in [-0.2, -0.15) is 0 Å². The van der Waals surface area contributed by atoms with E-state index in [9.17, 15) is 14.0 Å². The molecule has 1 aromatic rings. The average molecular weight is 372 g/mol. The summed E-state index contributed by atoms with van der Waals surface area (Å²) < 4.78 is 24.4. The van der Waals surface area contributed by atoms with Gasteiger partial charge in [0, 0.05) is 31.0 Å². The van der Waals surface area contributed by atoms with Gasteiger partial charge in [-0.1, -0.05) is 6.08 Å². The molecule has 142 valence electrons. The van der Waals surface area contributed by atoms with Crippen LogP contribution in [0, 0.1) is 5.82 Å². The van der Waals surface area contributed by atoms with E-state index in [4.69, 9.17) is 9.47 Å². The summed E-state index contributed by atoms with van der Waals surface area (Å²) in [5, 5.41) is 0. The summed E-state index contributed by atoms with van der Waals surface area (Å²) in [6, 6.07) is 4.75. The van der Waals surface area contributed by atoms with Crippen LogP contribution in [-0.4, -0.2) is 39.2 Å². The second kappa shape index (κ2) is 8.07. The molecule has 0 unspecified atom stereocenters. The summed E-state index contributed by atoms with van der Waals surface area (Å²) in [4.78, 5) is 28.0. The van der Waals surface area contributed by atoms with Crippen LogP contribution < -0.4 is 9.80 Å². The Hall–Kier alpha value is -3.09. The number of carbonyl (C=O) groups is 2. The number of esters is 2. The highest BCUT2D eigenvalue weighted by Crippen LogP contribution is 2.31. The van der Waals surface area contributed by atoms with E-state index in [1.165, 1.54) is 31.3 Å². The van der Waals surface area contributed by atoms with Gasteiger partial charge in [0.15, 0.2) is 0 Å². The highest BCUT2D eigenvalue weighted by Gasteiger charge is 2.28. The molecule has 2 aliphatic rings. The molecule has 0 aliphatic carbocycles. The SMILES string of the molecule is COC(=O)C1=C(C(=O)OC)N(c2ccc(N3CCCC3)c(F)c2)C=CC=C1. The second-order valence-electron chi connectivity index (χ2n) is 6.15. The van der Waals surface area contributed by atoms with Gasteiger partial charge in [0.1, 0.15) is 11.5 Å². The lowest BCUT2D eigenvalue weighted by atomic mass is 10.1. The Balaban J connectivity index is 2.06. The van der Waals surface area contributed by atoms with Gasteiger partial charge in [0.25, 0.3) is 0 Å². The standard InChI is InChI=1S/C20H21FN2O4/c1-26-19(24)15-7-3-4-12-23(18(15)20(25)27-2)14-8-9-17(16(21)13-14)22-10-5-6-11-22/h3-4,7-9,12-13H,5-6,10-11H2,1-2H3. The van der Waals surface area contributed by atoms with Crippen molar-refractivity contribution in [1.29, 1.82) is 0 Å². The number of nitrogens with zero attached hydrogens (tertiary/aromatic N) is 2. The Morgan fingerprint density at radius 1 is 1.04 bits per heavy atom. The lowest BCUT2D eigenvalue weighted by Gasteiger charge is -2.25. The first-order valence-corrected chi connectivity index (χ1v) is 8.66. The zero-order valence-corrected chi connectivity index (χ0v) is 15.3. The minimum atomic E-state index is -0.726. The van der Waals surface area contributed by atoms with E-state index in [2.05, 4.69) is 0 Å². The third kappa shape index (κ3) is 3.72. The molecule has 1 fully saturated rings. The number of hydrogen-bond acceptors (Lipinski definition) is 6. The van der Waals surface area contributed by atoms with Crippen LogP contribution in [0.5, 0.6) is 0 Å². The molecule has 7 heteroatoms. The van der Waals surface area contributed by atoms with Crippen LogP contribution in [0.4, 0.5) is 15.8 Å². The van der Waals surface area contributed by atoms with Crippen LogP contribution in [0.2, 0.25) is 0 Å². The molecule has 2 heterocycles. The van der Waals surface area contributed by atoms with Gasteiger partial charge in [-0.05, 0) is 37.1 Å². The summed E-state index contributed by atoms with van der Waals surface area (Å²) in [7, 11) is 2.45. The third-order valence-corrected chi connectivity index (χ3v) is 4.55. The first-order chi connectivity index (χ1) is 13.1. The number of ether oxygens (including phenoxy) is 2. The number of methoxy groups -OCH3 is 2. The van der Waals surface area contributed by atoms with Crippen LogP contribution in [0.1, 0.15) is 12.8 Å². The van der Waals surface area contributed by atoms with Crippen molar-refractivity contribution in [1.82, 2.24) is 0 Å². The fourth-order valence-corrected chi connectivity index (χ4v) is 3.23. The summed E-state index contributed by atoms with van der Waals surface area (Å²) in [6.45, 7) is 1.65. The maximum atomic E-state index is 14.8. The lowest BCUT2D eigenvalue weighted by molar-refractivity contribution is -0.139. The maximum Gasteiger partial charge on any atom is 0.355 e. The minimum Gasteiger partial charge on any atom is -0.465 e. The van der Waals surface area contributed by atoms with Crippen molar-refractivity contribution in [3.05, 3.63) is 59.7 Å². The molecule has 1 saturated heterocycles. The summed E-state index contributed by atoms with van der Waals surface area (Å²) in [5.41, 5.74) is 0.920. The molecule has 0 spiro atoms. The van der Waals surface area contributed by atoms with Crippen molar-refractivity contribution in [2.24, 2.45) is 0 Å². The molecular formula is C20H21FN2O4. The number of halogens is 1. The van der Waals surface area contributed by atoms with Gasteiger partial charge in [0.05, 0.1) is 25.5 Å². The van der Waals surface area contributed by atoms with E-state index in [1.54, 1.807) is 30.5 Å². The van der Waals surface area contributed by atoms with E-state index in [0.29, 0.717) is 11.4 Å². The Kier molecular flexibility index (Phi) is 5.59. The second-order valence-corrected chi connectivity index (χ2v) is 6.15. The molecule has 6 nitrogen and oxygen atoms in total. The van der Waals surface area contributed by atoms with Crippen LogP contribution in [-0.2, 0) is 19.1 Å². The van der Waals surface area contributed by atoms with E-state index in [0.717, 1.165) is 25.9 Å². The Morgan fingerprint density at radius 2 is 1.74 bits per heavy atom. The molecule has 2 aliphatic heterocycles. The molecule has 0 radical (unpaired) electrons. The van der Waals surface area contributed by atoms with Gasteiger partial charge in [-0.3, -0.25) is 0 Å². The Labute approximate surface area is 157 Å². The van der Waals surface area contributed by atoms with Gasteiger partial charge < -0.3 is 19.3 Å². The lowest BCUT2D eigenvalue weighted by Crippen LogP contribution is -2.27. The molecule has 0 amide bonds. The van der Waals surface area contributed by atoms with Gasteiger partial charge in [0.2, 0.25) is 0 Å². The van der Waals surface area contributed by atoms with Crippen molar-refractivity contribution in [3.63, 3.8) is 0 Å². The van der Waals surface area contributed by atoms with Crippen molar-refractivity contribution in [3.8, 4) is 0 Å². The zero-order chi connectivity index (χ0) is 19.4. The fraction of sp³-hybridized carbons (Fsp3) is 0.300. The molecule has 0 aromatic heterocycles. The molecule has 0 atom stereocenters. The first-order valence-electron chi connectivity index (χ1n) is 8.66. The fourth-order valence-electron chi connectivity index (χ4n) is 3.23. The molecular weight excluding hydrogens is 351 g/mol. The van der Waals surface area contributed by atoms with Gasteiger partial charge >= 0.3 is 11.9 Å².